The molecule has 0 radical (unpaired) electrons. The molecule has 0 aromatic rings. The molecule has 5 heteroatoms. The third kappa shape index (κ3) is 22.9. The Labute approximate surface area is 184 Å². The average Bonchev–Trinajstić information content (AvgIpc) is 2.70. The average molecular weight is 427 g/mol. The molecule has 0 heterocycles. The van der Waals surface area contributed by atoms with Crippen LogP contribution >= 0.6 is 0 Å². The Kier molecular flexibility index (Phi) is 21.3. The largest absolute Gasteiger partial charge is 0.462 e. The van der Waals surface area contributed by atoms with Gasteiger partial charge in [0.25, 0.3) is 0 Å². The molecule has 30 heavy (non-hydrogen) atoms. The summed E-state index contributed by atoms with van der Waals surface area (Å²) in [6.07, 6.45) is 22.1. The predicted molar refractivity (Wildman–Crippen MR) is 122 cm³/mol. The fraction of sp³-hybridized carbons (Fsp3) is 0.840. The maximum absolute atomic E-state index is 11.1. The molecular formula is C25H46O5. The summed E-state index contributed by atoms with van der Waals surface area (Å²) in [6.45, 7) is 5.88. The van der Waals surface area contributed by atoms with E-state index in [0.29, 0.717) is 6.61 Å². The number of carbonyl (C=O) groups is 2. The molecule has 0 fully saturated rings. The van der Waals surface area contributed by atoms with E-state index in [2.05, 4.69) is 19.1 Å². The lowest BCUT2D eigenvalue weighted by molar-refractivity contribution is -0.159. The van der Waals surface area contributed by atoms with Crippen molar-refractivity contribution in [3.63, 3.8) is 0 Å². The first kappa shape index (κ1) is 28.6. The van der Waals surface area contributed by atoms with Gasteiger partial charge in [0, 0.05) is 20.5 Å². The van der Waals surface area contributed by atoms with Crippen LogP contribution in [0.5, 0.6) is 0 Å². The van der Waals surface area contributed by atoms with Crippen molar-refractivity contribution in [3.05, 3.63) is 12.2 Å². The van der Waals surface area contributed by atoms with E-state index in [1.807, 2.05) is 0 Å². The quantitative estimate of drug-likeness (QED) is 0.118. The van der Waals surface area contributed by atoms with Gasteiger partial charge in [0.15, 0.2) is 6.10 Å². The molecule has 1 atom stereocenters. The SMILES string of the molecule is CCCCCCCC/C=C\CCCCCCCCOC[C@H](COC(C)=O)OC(C)=O. The maximum Gasteiger partial charge on any atom is 0.303 e. The lowest BCUT2D eigenvalue weighted by Gasteiger charge is -2.16. The van der Waals surface area contributed by atoms with Crippen molar-refractivity contribution in [1.82, 2.24) is 0 Å². The first-order chi connectivity index (χ1) is 14.6. The van der Waals surface area contributed by atoms with Crippen LogP contribution < -0.4 is 0 Å². The smallest absolute Gasteiger partial charge is 0.303 e. The third-order valence-corrected chi connectivity index (χ3v) is 4.91. The summed E-state index contributed by atoms with van der Waals surface area (Å²) in [5.41, 5.74) is 0. The van der Waals surface area contributed by atoms with Crippen LogP contribution in [-0.2, 0) is 23.8 Å². The van der Waals surface area contributed by atoms with Gasteiger partial charge in [-0.2, -0.15) is 0 Å². The van der Waals surface area contributed by atoms with Crippen molar-refractivity contribution >= 4 is 11.9 Å². The molecule has 0 saturated heterocycles. The molecule has 0 saturated carbocycles. The van der Waals surface area contributed by atoms with E-state index in [1.165, 1.54) is 90.9 Å². The monoisotopic (exact) mass is 426 g/mol. The molecule has 0 aromatic carbocycles. The number of carbonyl (C=O) groups excluding carboxylic acids is 2. The Hall–Kier alpha value is -1.36. The van der Waals surface area contributed by atoms with Gasteiger partial charge in [0.05, 0.1) is 6.61 Å². The van der Waals surface area contributed by atoms with E-state index in [9.17, 15) is 9.59 Å². The molecule has 0 aliphatic rings. The lowest BCUT2D eigenvalue weighted by Crippen LogP contribution is -2.28. The second-order valence-electron chi connectivity index (χ2n) is 8.05. The molecule has 176 valence electrons. The van der Waals surface area contributed by atoms with Gasteiger partial charge in [0.1, 0.15) is 6.61 Å². The molecule has 0 aliphatic heterocycles. The summed E-state index contributed by atoms with van der Waals surface area (Å²) in [6, 6.07) is 0. The van der Waals surface area contributed by atoms with Gasteiger partial charge in [-0.25, -0.2) is 0 Å². The molecule has 0 aliphatic carbocycles. The van der Waals surface area contributed by atoms with Crippen LogP contribution in [0.2, 0.25) is 0 Å². The second kappa shape index (κ2) is 22.3. The van der Waals surface area contributed by atoms with Gasteiger partial charge in [-0.15, -0.1) is 0 Å². The Morgan fingerprint density at radius 1 is 0.700 bits per heavy atom. The van der Waals surface area contributed by atoms with Crippen molar-refractivity contribution in [2.24, 2.45) is 0 Å². The second-order valence-corrected chi connectivity index (χ2v) is 8.05. The number of unbranched alkanes of at least 4 members (excludes halogenated alkanes) is 12. The van der Waals surface area contributed by atoms with Gasteiger partial charge in [0.2, 0.25) is 0 Å². The van der Waals surface area contributed by atoms with E-state index in [4.69, 9.17) is 14.2 Å². The van der Waals surface area contributed by atoms with Crippen LogP contribution in [0.4, 0.5) is 0 Å². The van der Waals surface area contributed by atoms with Crippen LogP contribution in [0.25, 0.3) is 0 Å². The summed E-state index contributed by atoms with van der Waals surface area (Å²) >= 11 is 0. The normalized spacial score (nSPS) is 12.2. The lowest BCUT2D eigenvalue weighted by atomic mass is 10.1. The molecule has 0 unspecified atom stereocenters. The highest BCUT2D eigenvalue weighted by atomic mass is 16.6. The maximum atomic E-state index is 11.1. The zero-order valence-electron chi connectivity index (χ0n) is 19.8. The third-order valence-electron chi connectivity index (χ3n) is 4.91. The number of allylic oxidation sites excluding steroid dienone is 2. The summed E-state index contributed by atoms with van der Waals surface area (Å²) in [5, 5.41) is 0. The number of hydrogen-bond donors (Lipinski definition) is 0. The minimum atomic E-state index is -0.527. The first-order valence-corrected chi connectivity index (χ1v) is 12.1. The Morgan fingerprint density at radius 3 is 1.77 bits per heavy atom. The highest BCUT2D eigenvalue weighted by Gasteiger charge is 2.14. The molecule has 0 rings (SSSR count). The van der Waals surface area contributed by atoms with Crippen LogP contribution in [0.15, 0.2) is 12.2 Å². The van der Waals surface area contributed by atoms with E-state index in [0.717, 1.165) is 12.8 Å². The van der Waals surface area contributed by atoms with Crippen molar-refractivity contribution in [3.8, 4) is 0 Å². The number of hydrogen-bond acceptors (Lipinski definition) is 5. The van der Waals surface area contributed by atoms with Gasteiger partial charge >= 0.3 is 11.9 Å². The molecule has 0 N–H and O–H groups in total. The van der Waals surface area contributed by atoms with Crippen molar-refractivity contribution < 1.29 is 23.8 Å². The van der Waals surface area contributed by atoms with Crippen molar-refractivity contribution in [1.29, 1.82) is 0 Å². The van der Waals surface area contributed by atoms with E-state index < -0.39 is 12.1 Å². The Bertz CT molecular complexity index is 433. The van der Waals surface area contributed by atoms with Crippen molar-refractivity contribution in [2.45, 2.75) is 117 Å². The van der Waals surface area contributed by atoms with E-state index in [-0.39, 0.29) is 19.2 Å². The highest BCUT2D eigenvalue weighted by Crippen LogP contribution is 2.10. The Morgan fingerprint density at radius 2 is 1.23 bits per heavy atom. The molecular weight excluding hydrogens is 380 g/mol. The standard InChI is InChI=1S/C25H46O5/c1-4-5-6-7-8-9-10-11-12-13-14-15-16-17-18-19-20-28-21-25(30-24(3)27)22-29-23(2)26/h11-12,25H,4-10,13-22H2,1-3H3/b12-11-/t25-/m1/s1. The number of esters is 2. The Balaban J connectivity index is 3.41. The molecule has 5 nitrogen and oxygen atoms in total. The molecule has 0 spiro atoms. The predicted octanol–water partition coefficient (Wildman–Crippen LogP) is 6.54. The topological polar surface area (TPSA) is 61.8 Å². The van der Waals surface area contributed by atoms with Crippen LogP contribution in [0.1, 0.15) is 111 Å². The van der Waals surface area contributed by atoms with Crippen LogP contribution in [-0.4, -0.2) is 37.9 Å². The molecule has 0 amide bonds. The minimum absolute atomic E-state index is 0.0440. The fourth-order valence-electron chi connectivity index (χ4n) is 3.23. The van der Waals surface area contributed by atoms with Gasteiger partial charge in [-0.3, -0.25) is 9.59 Å². The van der Waals surface area contributed by atoms with Crippen molar-refractivity contribution in [2.75, 3.05) is 19.8 Å². The van der Waals surface area contributed by atoms with E-state index in [1.54, 1.807) is 0 Å². The fourth-order valence-corrected chi connectivity index (χ4v) is 3.23. The first-order valence-electron chi connectivity index (χ1n) is 12.1. The molecule has 0 bridgehead atoms. The number of rotatable bonds is 21. The van der Waals surface area contributed by atoms with E-state index >= 15 is 0 Å². The van der Waals surface area contributed by atoms with Crippen LogP contribution in [0.3, 0.4) is 0 Å². The summed E-state index contributed by atoms with van der Waals surface area (Å²) < 4.78 is 15.5. The summed E-state index contributed by atoms with van der Waals surface area (Å²) in [4.78, 5) is 21.9. The van der Waals surface area contributed by atoms with Gasteiger partial charge < -0.3 is 14.2 Å². The number of ether oxygens (including phenoxy) is 3. The summed E-state index contributed by atoms with van der Waals surface area (Å²) in [7, 11) is 0. The summed E-state index contributed by atoms with van der Waals surface area (Å²) in [5.74, 6) is -0.784. The zero-order chi connectivity index (χ0) is 22.3. The van der Waals surface area contributed by atoms with Gasteiger partial charge in [-0.05, 0) is 32.1 Å². The van der Waals surface area contributed by atoms with Crippen LogP contribution in [0, 0.1) is 0 Å². The minimum Gasteiger partial charge on any atom is -0.462 e. The highest BCUT2D eigenvalue weighted by molar-refractivity contribution is 5.67. The van der Waals surface area contributed by atoms with Gasteiger partial charge in [-0.1, -0.05) is 76.9 Å². The molecule has 0 aromatic heterocycles. The zero-order valence-corrected chi connectivity index (χ0v) is 19.8.